The standard InChI is InChI=1S/C33H35F3N6O5/c1-20(42-31(45)32(3,4)47-28-13-12-26(19-39-28)33(34,35)36)27(25-7-5-6-23(16-25)18-37)17-22-8-10-24(11-9-22)30(44)41-21(2)29(43)38-14-15-40-46/h5-13,16,19-21,27H,14-15,17H2,1-4H3,(H,38,43)(H,41,44)(H,42,45). The van der Waals surface area contributed by atoms with Crippen LogP contribution in [0.2, 0.25) is 0 Å². The summed E-state index contributed by atoms with van der Waals surface area (Å²) >= 11 is 0. The SMILES string of the molecule is CC(NC(=O)c1ccc(CC(c2cccc(C#N)c2)C(C)NC(=O)C(C)(C)Oc2ccc(C(F)(F)F)cn2)cc1)C(=O)NCCN=O. The van der Waals surface area contributed by atoms with Crippen molar-refractivity contribution in [2.75, 3.05) is 13.1 Å². The lowest BCUT2D eigenvalue weighted by Gasteiger charge is -2.30. The number of benzene rings is 2. The number of nitrogens with one attached hydrogen (secondary N) is 3. The molecule has 3 N–H and O–H groups in total. The van der Waals surface area contributed by atoms with Crippen LogP contribution in [0, 0.1) is 16.2 Å². The zero-order valence-corrected chi connectivity index (χ0v) is 26.2. The molecule has 3 amide bonds. The van der Waals surface area contributed by atoms with Crippen molar-refractivity contribution in [1.82, 2.24) is 20.9 Å². The Hall–Kier alpha value is -5.32. The minimum atomic E-state index is -4.56. The van der Waals surface area contributed by atoms with Gasteiger partial charge in [0.1, 0.15) is 6.04 Å². The van der Waals surface area contributed by atoms with Gasteiger partial charge >= 0.3 is 6.18 Å². The molecule has 0 saturated heterocycles. The van der Waals surface area contributed by atoms with E-state index in [9.17, 15) is 37.7 Å². The minimum absolute atomic E-state index is 0.0649. The summed E-state index contributed by atoms with van der Waals surface area (Å²) in [6, 6.07) is 16.3. The van der Waals surface area contributed by atoms with E-state index in [1.54, 1.807) is 49.4 Å². The molecule has 3 rings (SSSR count). The monoisotopic (exact) mass is 652 g/mol. The molecule has 0 saturated carbocycles. The highest BCUT2D eigenvalue weighted by Gasteiger charge is 2.35. The number of nitrogens with zero attached hydrogens (tertiary/aromatic N) is 3. The van der Waals surface area contributed by atoms with E-state index in [-0.39, 0.29) is 24.9 Å². The Balaban J connectivity index is 1.74. The van der Waals surface area contributed by atoms with E-state index in [0.717, 1.165) is 23.3 Å². The molecule has 0 aliphatic heterocycles. The number of carbonyl (C=O) groups excluding carboxylic acids is 3. The van der Waals surface area contributed by atoms with Crippen molar-refractivity contribution in [1.29, 1.82) is 5.26 Å². The fraction of sp³-hybridized carbons (Fsp3) is 0.364. The normalized spacial score (nSPS) is 13.3. The summed E-state index contributed by atoms with van der Waals surface area (Å²) in [5.74, 6) is -1.98. The first-order chi connectivity index (χ1) is 22.1. The van der Waals surface area contributed by atoms with Gasteiger partial charge in [0.25, 0.3) is 11.8 Å². The number of hydrogen-bond donors (Lipinski definition) is 3. The van der Waals surface area contributed by atoms with E-state index in [2.05, 4.69) is 32.2 Å². The highest BCUT2D eigenvalue weighted by molar-refractivity contribution is 5.97. The van der Waals surface area contributed by atoms with Crippen LogP contribution in [0.25, 0.3) is 0 Å². The maximum Gasteiger partial charge on any atom is 0.417 e. The molecule has 0 fully saturated rings. The van der Waals surface area contributed by atoms with Crippen LogP contribution in [0.5, 0.6) is 5.88 Å². The molecule has 1 heterocycles. The summed E-state index contributed by atoms with van der Waals surface area (Å²) in [6.07, 6.45) is -3.54. The molecule has 0 bridgehead atoms. The number of nitriles is 1. The zero-order chi connectivity index (χ0) is 34.8. The average Bonchev–Trinajstić information content (AvgIpc) is 3.03. The number of alkyl halides is 3. The van der Waals surface area contributed by atoms with Crippen LogP contribution in [0.15, 0.2) is 72.0 Å². The molecular weight excluding hydrogens is 617 g/mol. The molecule has 0 aliphatic rings. The van der Waals surface area contributed by atoms with Crippen molar-refractivity contribution in [2.45, 2.75) is 63.9 Å². The van der Waals surface area contributed by atoms with Crippen molar-refractivity contribution in [3.05, 3.63) is 99.6 Å². The molecule has 47 heavy (non-hydrogen) atoms. The van der Waals surface area contributed by atoms with Gasteiger partial charge in [0.2, 0.25) is 11.8 Å². The summed E-state index contributed by atoms with van der Waals surface area (Å²) in [4.78, 5) is 52.1. The van der Waals surface area contributed by atoms with Gasteiger partial charge in [-0.1, -0.05) is 29.4 Å². The predicted molar refractivity (Wildman–Crippen MR) is 166 cm³/mol. The van der Waals surface area contributed by atoms with Gasteiger partial charge < -0.3 is 20.7 Å². The van der Waals surface area contributed by atoms with Crippen LogP contribution < -0.4 is 20.7 Å². The molecule has 3 unspecified atom stereocenters. The Morgan fingerprint density at radius 2 is 1.72 bits per heavy atom. The van der Waals surface area contributed by atoms with Crippen LogP contribution in [0.4, 0.5) is 13.2 Å². The number of ether oxygens (including phenoxy) is 1. The topological polar surface area (TPSA) is 163 Å². The number of hydrogen-bond acceptors (Lipinski definition) is 8. The van der Waals surface area contributed by atoms with E-state index in [4.69, 9.17) is 4.74 Å². The van der Waals surface area contributed by atoms with Crippen molar-refractivity contribution in [3.63, 3.8) is 0 Å². The van der Waals surface area contributed by atoms with E-state index < -0.39 is 47.1 Å². The molecule has 11 nitrogen and oxygen atoms in total. The molecule has 1 aromatic heterocycles. The van der Waals surface area contributed by atoms with E-state index >= 15 is 0 Å². The number of nitroso groups, excluding NO2 is 1. The number of halogens is 3. The Morgan fingerprint density at radius 3 is 2.32 bits per heavy atom. The van der Waals surface area contributed by atoms with Gasteiger partial charge in [0.05, 0.1) is 23.7 Å². The average molecular weight is 653 g/mol. The highest BCUT2D eigenvalue weighted by atomic mass is 19.4. The van der Waals surface area contributed by atoms with Crippen molar-refractivity contribution in [2.24, 2.45) is 5.18 Å². The minimum Gasteiger partial charge on any atom is -0.462 e. The first kappa shape index (κ1) is 36.2. The fourth-order valence-electron chi connectivity index (χ4n) is 4.59. The second-order valence-electron chi connectivity index (χ2n) is 11.3. The number of pyridine rings is 1. The van der Waals surface area contributed by atoms with Gasteiger partial charge in [-0.15, -0.1) is 0 Å². The van der Waals surface area contributed by atoms with Gasteiger partial charge in [-0.2, -0.15) is 23.3 Å². The molecule has 2 aromatic carbocycles. The summed E-state index contributed by atoms with van der Waals surface area (Å²) in [5, 5.41) is 20.2. The van der Waals surface area contributed by atoms with E-state index in [1.165, 1.54) is 20.8 Å². The third kappa shape index (κ3) is 10.4. The highest BCUT2D eigenvalue weighted by Crippen LogP contribution is 2.30. The Morgan fingerprint density at radius 1 is 1.02 bits per heavy atom. The maximum atomic E-state index is 13.4. The maximum absolute atomic E-state index is 13.4. The molecule has 14 heteroatoms. The number of carbonyl (C=O) groups is 3. The summed E-state index contributed by atoms with van der Waals surface area (Å²) in [5.41, 5.74) is -0.134. The first-order valence-corrected chi connectivity index (χ1v) is 14.6. The molecule has 0 spiro atoms. The Bertz CT molecular complexity index is 1600. The van der Waals surface area contributed by atoms with Crippen molar-refractivity contribution >= 4 is 17.7 Å². The zero-order valence-electron chi connectivity index (χ0n) is 26.2. The predicted octanol–water partition coefficient (Wildman–Crippen LogP) is 4.66. The number of aromatic nitrogens is 1. The third-order valence-electron chi connectivity index (χ3n) is 7.29. The van der Waals surface area contributed by atoms with Crippen LogP contribution in [0.3, 0.4) is 0 Å². The Labute approximate surface area is 269 Å². The largest absolute Gasteiger partial charge is 0.462 e. The van der Waals surface area contributed by atoms with Gasteiger partial charge in [0.15, 0.2) is 5.60 Å². The van der Waals surface area contributed by atoms with E-state index in [0.29, 0.717) is 23.7 Å². The fourth-order valence-corrected chi connectivity index (χ4v) is 4.59. The quantitative estimate of drug-likeness (QED) is 0.168. The van der Waals surface area contributed by atoms with Crippen LogP contribution in [-0.2, 0) is 22.2 Å². The summed E-state index contributed by atoms with van der Waals surface area (Å²) in [7, 11) is 0. The summed E-state index contributed by atoms with van der Waals surface area (Å²) < 4.78 is 44.4. The Kier molecular flexibility index (Phi) is 12.1. The van der Waals surface area contributed by atoms with Crippen molar-refractivity contribution < 1.29 is 32.3 Å². The lowest BCUT2D eigenvalue weighted by Crippen LogP contribution is -2.51. The summed E-state index contributed by atoms with van der Waals surface area (Å²) in [6.45, 7) is 6.22. The lowest BCUT2D eigenvalue weighted by molar-refractivity contribution is -0.138. The molecule has 3 aromatic rings. The molecule has 0 aliphatic carbocycles. The molecular formula is C33H35F3N6O5. The van der Waals surface area contributed by atoms with E-state index in [1.807, 2.05) is 6.07 Å². The smallest absolute Gasteiger partial charge is 0.417 e. The molecule has 0 radical (unpaired) electrons. The second-order valence-corrected chi connectivity index (χ2v) is 11.3. The lowest BCUT2D eigenvalue weighted by atomic mass is 9.85. The molecule has 248 valence electrons. The van der Waals surface area contributed by atoms with Crippen LogP contribution in [-0.4, -0.2) is 53.5 Å². The van der Waals surface area contributed by atoms with Gasteiger partial charge in [0, 0.05) is 36.3 Å². The molecule has 3 atom stereocenters. The number of rotatable bonds is 14. The van der Waals surface area contributed by atoms with Gasteiger partial charge in [-0.3, -0.25) is 14.4 Å². The van der Waals surface area contributed by atoms with Crippen molar-refractivity contribution in [3.8, 4) is 11.9 Å². The number of amides is 3. The van der Waals surface area contributed by atoms with Gasteiger partial charge in [-0.25, -0.2) is 4.98 Å². The first-order valence-electron chi connectivity index (χ1n) is 14.6. The second kappa shape index (κ2) is 15.8. The van der Waals surface area contributed by atoms with Crippen LogP contribution >= 0.6 is 0 Å². The van der Waals surface area contributed by atoms with Gasteiger partial charge in [-0.05, 0) is 75.6 Å². The third-order valence-corrected chi connectivity index (χ3v) is 7.29. The van der Waals surface area contributed by atoms with Crippen LogP contribution in [0.1, 0.15) is 66.2 Å².